The van der Waals surface area contributed by atoms with Gasteiger partial charge in [-0.3, -0.25) is 0 Å². The fraction of sp³-hybridized carbons (Fsp3) is 0.250. The Morgan fingerprint density at radius 1 is 0.947 bits per heavy atom. The third kappa shape index (κ3) is 4.24. The number of hydrogen-bond donors (Lipinski definition) is 1. The molecule has 0 fully saturated rings. The van der Waals surface area contributed by atoms with Crippen molar-refractivity contribution in [2.45, 2.75) is 25.3 Å². The van der Waals surface area contributed by atoms with Crippen molar-refractivity contribution in [3.63, 3.8) is 0 Å². The second-order valence-corrected chi connectivity index (χ2v) is 5.47. The van der Waals surface area contributed by atoms with Crippen LogP contribution in [-0.2, 0) is 6.42 Å². The van der Waals surface area contributed by atoms with Crippen molar-refractivity contribution < 1.29 is 0 Å². The first-order valence-corrected chi connectivity index (χ1v) is 7.17. The third-order valence-corrected chi connectivity index (χ3v) is 3.93. The Hall–Kier alpha value is -1.02. The average molecular weight is 294 g/mol. The Balaban J connectivity index is 1.87. The Labute approximate surface area is 124 Å². The largest absolute Gasteiger partial charge is 0.324 e. The highest BCUT2D eigenvalue weighted by molar-refractivity contribution is 6.42. The number of hydrogen-bond acceptors (Lipinski definition) is 1. The van der Waals surface area contributed by atoms with Crippen LogP contribution in [0.2, 0.25) is 10.0 Å². The van der Waals surface area contributed by atoms with Gasteiger partial charge in [-0.1, -0.05) is 59.6 Å². The lowest BCUT2D eigenvalue weighted by molar-refractivity contribution is 0.611. The van der Waals surface area contributed by atoms with Gasteiger partial charge in [-0.25, -0.2) is 0 Å². The van der Waals surface area contributed by atoms with Crippen LogP contribution in [0.1, 0.15) is 30.0 Å². The minimum absolute atomic E-state index is 0.0125. The molecule has 0 amide bonds. The average Bonchev–Trinajstić information content (AvgIpc) is 2.43. The zero-order valence-electron chi connectivity index (χ0n) is 10.7. The summed E-state index contributed by atoms with van der Waals surface area (Å²) >= 11 is 11.9. The smallest absolute Gasteiger partial charge is 0.0595 e. The molecule has 19 heavy (non-hydrogen) atoms. The van der Waals surface area contributed by atoms with Crippen molar-refractivity contribution in [3.05, 3.63) is 69.7 Å². The number of aryl methyl sites for hydroxylation is 1. The molecule has 0 aliphatic heterocycles. The van der Waals surface area contributed by atoms with E-state index in [4.69, 9.17) is 28.9 Å². The van der Waals surface area contributed by atoms with E-state index in [1.165, 1.54) is 5.56 Å². The molecule has 3 heteroatoms. The molecule has 1 nitrogen and oxygen atoms in total. The minimum Gasteiger partial charge on any atom is -0.324 e. The first-order valence-electron chi connectivity index (χ1n) is 6.41. The zero-order chi connectivity index (χ0) is 13.7. The van der Waals surface area contributed by atoms with Crippen molar-refractivity contribution in [1.29, 1.82) is 0 Å². The second kappa shape index (κ2) is 6.95. The van der Waals surface area contributed by atoms with Gasteiger partial charge >= 0.3 is 0 Å². The fourth-order valence-electron chi connectivity index (χ4n) is 2.08. The van der Waals surface area contributed by atoms with Crippen molar-refractivity contribution in [1.82, 2.24) is 0 Å². The lowest BCUT2D eigenvalue weighted by Crippen LogP contribution is -2.10. The molecule has 100 valence electrons. The Kier molecular flexibility index (Phi) is 5.26. The monoisotopic (exact) mass is 293 g/mol. The summed E-state index contributed by atoms with van der Waals surface area (Å²) in [6, 6.07) is 16.1. The zero-order valence-corrected chi connectivity index (χ0v) is 12.2. The molecule has 0 aliphatic rings. The molecule has 2 rings (SSSR count). The minimum atomic E-state index is 0.0125. The molecular formula is C16H17Cl2N. The van der Waals surface area contributed by atoms with E-state index in [0.717, 1.165) is 24.8 Å². The molecule has 2 N–H and O–H groups in total. The van der Waals surface area contributed by atoms with Crippen molar-refractivity contribution in [2.75, 3.05) is 0 Å². The molecule has 0 heterocycles. The molecular weight excluding hydrogens is 277 g/mol. The van der Waals surface area contributed by atoms with Gasteiger partial charge in [0.05, 0.1) is 10.0 Å². The molecule has 0 bridgehead atoms. The Morgan fingerprint density at radius 2 is 1.68 bits per heavy atom. The quantitative estimate of drug-likeness (QED) is 0.823. The molecule has 2 aromatic rings. The van der Waals surface area contributed by atoms with Gasteiger partial charge in [-0.05, 0) is 42.5 Å². The van der Waals surface area contributed by atoms with Gasteiger partial charge in [0.1, 0.15) is 0 Å². The van der Waals surface area contributed by atoms with Gasteiger partial charge in [0.25, 0.3) is 0 Å². The highest BCUT2D eigenvalue weighted by Gasteiger charge is 2.08. The van der Waals surface area contributed by atoms with Crippen LogP contribution in [0.3, 0.4) is 0 Å². The Bertz CT molecular complexity index is 526. The summed E-state index contributed by atoms with van der Waals surface area (Å²) < 4.78 is 0. The normalized spacial score (nSPS) is 12.4. The van der Waals surface area contributed by atoms with Gasteiger partial charge in [-0.15, -0.1) is 0 Å². The maximum atomic E-state index is 6.18. The number of nitrogens with two attached hydrogens (primary N) is 1. The van der Waals surface area contributed by atoms with Crippen LogP contribution in [0, 0.1) is 0 Å². The van der Waals surface area contributed by atoms with Crippen molar-refractivity contribution in [2.24, 2.45) is 5.73 Å². The number of halogens is 2. The molecule has 0 aromatic heterocycles. The van der Waals surface area contributed by atoms with Gasteiger partial charge in [0.15, 0.2) is 0 Å². The van der Waals surface area contributed by atoms with E-state index in [-0.39, 0.29) is 6.04 Å². The van der Waals surface area contributed by atoms with Crippen LogP contribution in [0.4, 0.5) is 0 Å². The lowest BCUT2D eigenvalue weighted by Gasteiger charge is -2.12. The molecule has 0 saturated carbocycles. The fourth-order valence-corrected chi connectivity index (χ4v) is 2.39. The number of benzene rings is 2. The highest BCUT2D eigenvalue weighted by Crippen LogP contribution is 2.26. The predicted molar refractivity (Wildman–Crippen MR) is 82.8 cm³/mol. The Morgan fingerprint density at radius 3 is 2.37 bits per heavy atom. The van der Waals surface area contributed by atoms with Crippen LogP contribution < -0.4 is 5.73 Å². The summed E-state index contributed by atoms with van der Waals surface area (Å²) in [5.74, 6) is 0. The molecule has 0 saturated heterocycles. The van der Waals surface area contributed by atoms with E-state index in [1.54, 1.807) is 6.07 Å². The molecule has 1 atom stereocenters. The van der Waals surface area contributed by atoms with E-state index in [0.29, 0.717) is 10.0 Å². The van der Waals surface area contributed by atoms with Crippen LogP contribution >= 0.6 is 23.2 Å². The topological polar surface area (TPSA) is 26.0 Å². The standard InChI is InChI=1S/C16H17Cl2N/c17-14-10-9-13(11-15(14)18)16(19)8-4-7-12-5-2-1-3-6-12/h1-3,5-6,9-11,16H,4,7-8,19H2. The van der Waals surface area contributed by atoms with E-state index in [9.17, 15) is 0 Å². The summed E-state index contributed by atoms with van der Waals surface area (Å²) in [4.78, 5) is 0. The summed E-state index contributed by atoms with van der Waals surface area (Å²) in [7, 11) is 0. The van der Waals surface area contributed by atoms with E-state index in [2.05, 4.69) is 24.3 Å². The van der Waals surface area contributed by atoms with Gasteiger partial charge in [-0.2, -0.15) is 0 Å². The third-order valence-electron chi connectivity index (χ3n) is 3.20. The molecule has 2 aromatic carbocycles. The summed E-state index contributed by atoms with van der Waals surface area (Å²) in [5, 5.41) is 1.14. The van der Waals surface area contributed by atoms with Crippen LogP contribution in [0.25, 0.3) is 0 Å². The van der Waals surface area contributed by atoms with Gasteiger partial charge in [0.2, 0.25) is 0 Å². The summed E-state index contributed by atoms with van der Waals surface area (Å²) in [6.45, 7) is 0. The van der Waals surface area contributed by atoms with Gasteiger partial charge in [0, 0.05) is 6.04 Å². The van der Waals surface area contributed by atoms with Crippen molar-refractivity contribution in [3.8, 4) is 0 Å². The second-order valence-electron chi connectivity index (χ2n) is 4.66. The SMILES string of the molecule is NC(CCCc1ccccc1)c1ccc(Cl)c(Cl)c1. The summed E-state index contributed by atoms with van der Waals surface area (Å²) in [5.41, 5.74) is 8.57. The van der Waals surface area contributed by atoms with E-state index < -0.39 is 0 Å². The lowest BCUT2D eigenvalue weighted by atomic mass is 10.00. The van der Waals surface area contributed by atoms with E-state index in [1.807, 2.05) is 18.2 Å². The van der Waals surface area contributed by atoms with Gasteiger partial charge < -0.3 is 5.73 Å². The molecule has 0 radical (unpaired) electrons. The first-order chi connectivity index (χ1) is 9.16. The summed E-state index contributed by atoms with van der Waals surface area (Å²) in [6.07, 6.45) is 3.05. The molecule has 0 aliphatic carbocycles. The van der Waals surface area contributed by atoms with Crippen LogP contribution in [0.15, 0.2) is 48.5 Å². The van der Waals surface area contributed by atoms with E-state index >= 15 is 0 Å². The highest BCUT2D eigenvalue weighted by atomic mass is 35.5. The predicted octanol–water partition coefficient (Wildman–Crippen LogP) is 5.02. The molecule has 0 spiro atoms. The molecule has 1 unspecified atom stereocenters. The maximum Gasteiger partial charge on any atom is 0.0595 e. The van der Waals surface area contributed by atoms with Crippen LogP contribution in [-0.4, -0.2) is 0 Å². The van der Waals surface area contributed by atoms with Crippen LogP contribution in [0.5, 0.6) is 0 Å². The first kappa shape index (κ1) is 14.4. The number of rotatable bonds is 5. The maximum absolute atomic E-state index is 6.18. The van der Waals surface area contributed by atoms with Crippen molar-refractivity contribution >= 4 is 23.2 Å².